The smallest absolute Gasteiger partial charge is 0.410 e. The molecule has 0 radical (unpaired) electrons. The molecule has 0 aromatic carbocycles. The van der Waals surface area contributed by atoms with Crippen molar-refractivity contribution >= 4 is 6.09 Å². The van der Waals surface area contributed by atoms with Crippen molar-refractivity contribution < 1.29 is 9.53 Å². The van der Waals surface area contributed by atoms with Crippen LogP contribution in [-0.4, -0.2) is 45.7 Å². The first-order chi connectivity index (χ1) is 9.94. The molecule has 2 heterocycles. The highest BCUT2D eigenvalue weighted by molar-refractivity contribution is 5.69. The van der Waals surface area contributed by atoms with Crippen molar-refractivity contribution in [2.75, 3.05) is 13.1 Å². The van der Waals surface area contributed by atoms with Crippen molar-refractivity contribution in [2.24, 2.45) is 11.8 Å². The number of amides is 1. The molecule has 21 heavy (non-hydrogen) atoms. The van der Waals surface area contributed by atoms with E-state index in [1.54, 1.807) is 18.6 Å². The molecule has 2 aliphatic rings. The van der Waals surface area contributed by atoms with E-state index in [1.165, 1.54) is 0 Å². The Hall–Kier alpha value is -1.69. The average molecular weight is 290 g/mol. The number of rotatable bonds is 3. The lowest BCUT2D eigenvalue weighted by atomic mass is 10.2. The van der Waals surface area contributed by atoms with Crippen molar-refractivity contribution in [3.63, 3.8) is 0 Å². The number of ether oxygens (including phenoxy) is 1. The number of nitrogens with one attached hydrogen (secondary N) is 1. The first-order valence-electron chi connectivity index (χ1n) is 7.40. The number of carbonyl (C=O) groups excluding carboxylic acids is 1. The Kier molecular flexibility index (Phi) is 3.57. The average Bonchev–Trinajstić information content (AvgIpc) is 2.87. The standard InChI is InChI=1S/C15H22N4O2/c1-15(2,3)21-14(20)19-8-11-12(9-19)13(11)18-7-10-6-16-4-5-17-10/h4-6,11-13,18H,7-9H2,1-3H3. The second kappa shape index (κ2) is 5.26. The summed E-state index contributed by atoms with van der Waals surface area (Å²) in [4.78, 5) is 22.1. The van der Waals surface area contributed by atoms with Gasteiger partial charge in [0.1, 0.15) is 5.60 Å². The summed E-state index contributed by atoms with van der Waals surface area (Å²) in [6.45, 7) is 8.00. The SMILES string of the molecule is CC(C)(C)OC(=O)N1CC2C(C1)C2NCc1cnccn1. The maximum absolute atomic E-state index is 12.0. The molecule has 1 aromatic rings. The van der Waals surface area contributed by atoms with Gasteiger partial charge >= 0.3 is 6.09 Å². The molecule has 0 spiro atoms. The molecule has 6 heteroatoms. The molecule has 1 aliphatic heterocycles. The first-order valence-corrected chi connectivity index (χ1v) is 7.40. The highest BCUT2D eigenvalue weighted by atomic mass is 16.6. The zero-order valence-corrected chi connectivity index (χ0v) is 12.7. The Bertz CT molecular complexity index is 502. The quantitative estimate of drug-likeness (QED) is 0.912. The van der Waals surface area contributed by atoms with Gasteiger partial charge < -0.3 is 15.0 Å². The van der Waals surface area contributed by atoms with Crippen LogP contribution >= 0.6 is 0 Å². The third-order valence-corrected chi connectivity index (χ3v) is 3.98. The molecule has 2 atom stereocenters. The topological polar surface area (TPSA) is 67.3 Å². The Labute approximate surface area is 124 Å². The van der Waals surface area contributed by atoms with Crippen LogP contribution in [0.2, 0.25) is 0 Å². The zero-order valence-electron chi connectivity index (χ0n) is 12.7. The van der Waals surface area contributed by atoms with E-state index in [1.807, 2.05) is 25.7 Å². The minimum Gasteiger partial charge on any atom is -0.444 e. The van der Waals surface area contributed by atoms with Gasteiger partial charge in [-0.3, -0.25) is 9.97 Å². The van der Waals surface area contributed by atoms with Crippen molar-refractivity contribution in [1.82, 2.24) is 20.2 Å². The van der Waals surface area contributed by atoms with Gasteiger partial charge in [0.15, 0.2) is 0 Å². The zero-order chi connectivity index (χ0) is 15.0. The van der Waals surface area contributed by atoms with Crippen molar-refractivity contribution in [2.45, 2.75) is 39.0 Å². The van der Waals surface area contributed by atoms with E-state index in [0.29, 0.717) is 17.9 Å². The maximum Gasteiger partial charge on any atom is 0.410 e. The van der Waals surface area contributed by atoms with Gasteiger partial charge in [0, 0.05) is 44.3 Å². The molecule has 114 valence electrons. The van der Waals surface area contributed by atoms with Gasteiger partial charge in [-0.2, -0.15) is 0 Å². The Balaban J connectivity index is 1.43. The molecule has 1 saturated carbocycles. The molecular weight excluding hydrogens is 268 g/mol. The first kappa shape index (κ1) is 14.3. The van der Waals surface area contributed by atoms with Gasteiger partial charge in [-0.25, -0.2) is 4.79 Å². The highest BCUT2D eigenvalue weighted by Gasteiger charge is 2.56. The number of fused-ring (bicyclic) bond motifs is 1. The van der Waals surface area contributed by atoms with Crippen LogP contribution in [0.25, 0.3) is 0 Å². The predicted molar refractivity (Wildman–Crippen MR) is 77.4 cm³/mol. The fraction of sp³-hybridized carbons (Fsp3) is 0.667. The number of likely N-dealkylation sites (tertiary alicyclic amines) is 1. The van der Waals surface area contributed by atoms with Gasteiger partial charge in [-0.05, 0) is 32.6 Å². The van der Waals surface area contributed by atoms with Gasteiger partial charge in [-0.1, -0.05) is 0 Å². The molecule has 3 rings (SSSR count). The Morgan fingerprint density at radius 1 is 1.38 bits per heavy atom. The number of aromatic nitrogens is 2. The van der Waals surface area contributed by atoms with Gasteiger partial charge in [-0.15, -0.1) is 0 Å². The monoisotopic (exact) mass is 290 g/mol. The lowest BCUT2D eigenvalue weighted by molar-refractivity contribution is 0.0269. The van der Waals surface area contributed by atoms with Crippen LogP contribution < -0.4 is 5.32 Å². The lowest BCUT2D eigenvalue weighted by Crippen LogP contribution is -2.39. The summed E-state index contributed by atoms with van der Waals surface area (Å²) in [5.41, 5.74) is 0.527. The molecule has 1 saturated heterocycles. The normalized spacial score (nSPS) is 27.4. The Morgan fingerprint density at radius 2 is 2.10 bits per heavy atom. The number of carbonyl (C=O) groups is 1. The fourth-order valence-electron chi connectivity index (χ4n) is 2.95. The summed E-state index contributed by atoms with van der Waals surface area (Å²) in [7, 11) is 0. The Morgan fingerprint density at radius 3 is 2.67 bits per heavy atom. The number of nitrogens with zero attached hydrogens (tertiary/aromatic N) is 3. The largest absolute Gasteiger partial charge is 0.444 e. The van der Waals surface area contributed by atoms with Gasteiger partial charge in [0.25, 0.3) is 0 Å². The van der Waals surface area contributed by atoms with Crippen LogP contribution in [0.15, 0.2) is 18.6 Å². The van der Waals surface area contributed by atoms with Crippen molar-refractivity contribution in [3.05, 3.63) is 24.3 Å². The van der Waals surface area contributed by atoms with Crippen LogP contribution in [0.4, 0.5) is 4.79 Å². The number of hydrogen-bond donors (Lipinski definition) is 1. The summed E-state index contributed by atoms with van der Waals surface area (Å²) in [6, 6.07) is 0.491. The van der Waals surface area contributed by atoms with Crippen LogP contribution in [0.5, 0.6) is 0 Å². The number of hydrogen-bond acceptors (Lipinski definition) is 5. The van der Waals surface area contributed by atoms with Crippen LogP contribution in [0, 0.1) is 11.8 Å². The summed E-state index contributed by atoms with van der Waals surface area (Å²) >= 11 is 0. The van der Waals surface area contributed by atoms with E-state index in [-0.39, 0.29) is 6.09 Å². The van der Waals surface area contributed by atoms with E-state index in [9.17, 15) is 4.79 Å². The van der Waals surface area contributed by atoms with Gasteiger partial charge in [0.2, 0.25) is 0 Å². The van der Waals surface area contributed by atoms with Crippen molar-refractivity contribution in [1.29, 1.82) is 0 Å². The van der Waals surface area contributed by atoms with E-state index >= 15 is 0 Å². The molecule has 1 aliphatic carbocycles. The molecule has 1 aromatic heterocycles. The molecular formula is C15H22N4O2. The molecule has 6 nitrogen and oxygen atoms in total. The number of piperidine rings is 1. The third kappa shape index (κ3) is 3.32. The van der Waals surface area contributed by atoms with E-state index in [0.717, 1.165) is 25.3 Å². The van der Waals surface area contributed by atoms with Crippen LogP contribution in [0.1, 0.15) is 26.5 Å². The minimum atomic E-state index is -0.423. The molecule has 2 fully saturated rings. The highest BCUT2D eigenvalue weighted by Crippen LogP contribution is 2.45. The summed E-state index contributed by atoms with van der Waals surface area (Å²) < 4.78 is 5.40. The second-order valence-electron chi connectivity index (χ2n) is 6.82. The molecule has 1 N–H and O–H groups in total. The second-order valence-corrected chi connectivity index (χ2v) is 6.82. The van der Waals surface area contributed by atoms with Crippen LogP contribution in [-0.2, 0) is 11.3 Å². The minimum absolute atomic E-state index is 0.192. The van der Waals surface area contributed by atoms with Crippen molar-refractivity contribution in [3.8, 4) is 0 Å². The maximum atomic E-state index is 12.0. The molecule has 1 amide bonds. The lowest BCUT2D eigenvalue weighted by Gasteiger charge is -2.26. The van der Waals surface area contributed by atoms with Crippen LogP contribution in [0.3, 0.4) is 0 Å². The summed E-state index contributed by atoms with van der Waals surface area (Å²) in [5, 5.41) is 3.50. The third-order valence-electron chi connectivity index (χ3n) is 3.98. The van der Waals surface area contributed by atoms with E-state index in [4.69, 9.17) is 4.74 Å². The molecule has 2 unspecified atom stereocenters. The summed E-state index contributed by atoms with van der Waals surface area (Å²) in [6.07, 6.45) is 4.96. The van der Waals surface area contributed by atoms with E-state index < -0.39 is 5.60 Å². The molecule has 0 bridgehead atoms. The predicted octanol–water partition coefficient (Wildman–Crippen LogP) is 1.43. The summed E-state index contributed by atoms with van der Waals surface area (Å²) in [5.74, 6) is 1.10. The van der Waals surface area contributed by atoms with Gasteiger partial charge in [0.05, 0.1) is 5.69 Å². The fourth-order valence-corrected chi connectivity index (χ4v) is 2.95. The van der Waals surface area contributed by atoms with E-state index in [2.05, 4.69) is 15.3 Å².